The summed E-state index contributed by atoms with van der Waals surface area (Å²) in [7, 11) is 1.55. The van der Waals surface area contributed by atoms with Gasteiger partial charge in [-0.15, -0.1) is 10.2 Å². The third-order valence-electron chi connectivity index (χ3n) is 3.65. The standard InChI is InChI=1S/C19H18N4O3S2/c1-12-7-9-13(10-8-12)17(25)21-18-22-23-19(28-18)27-11-16(24)20-14-5-3-4-6-15(14)26-2/h3-10H,11H2,1-2H3,(H,20,24)(H,21,22,25). The van der Waals surface area contributed by atoms with Crippen LogP contribution in [0.3, 0.4) is 0 Å². The molecule has 1 heterocycles. The highest BCUT2D eigenvalue weighted by molar-refractivity contribution is 8.01. The zero-order valence-electron chi connectivity index (χ0n) is 15.3. The van der Waals surface area contributed by atoms with E-state index in [1.54, 1.807) is 31.4 Å². The maximum Gasteiger partial charge on any atom is 0.257 e. The van der Waals surface area contributed by atoms with E-state index < -0.39 is 0 Å². The molecule has 0 unspecified atom stereocenters. The van der Waals surface area contributed by atoms with Crippen molar-refractivity contribution in [3.63, 3.8) is 0 Å². The van der Waals surface area contributed by atoms with E-state index >= 15 is 0 Å². The van der Waals surface area contributed by atoms with Crippen molar-refractivity contribution < 1.29 is 14.3 Å². The number of amides is 2. The first-order valence-corrected chi connectivity index (χ1v) is 10.1. The average molecular weight is 415 g/mol. The molecular weight excluding hydrogens is 396 g/mol. The first-order valence-electron chi connectivity index (χ1n) is 8.32. The molecule has 0 aliphatic heterocycles. The Morgan fingerprint density at radius 1 is 1.07 bits per heavy atom. The molecule has 7 nitrogen and oxygen atoms in total. The van der Waals surface area contributed by atoms with Gasteiger partial charge in [0, 0.05) is 5.56 Å². The molecule has 0 spiro atoms. The number of thioether (sulfide) groups is 1. The lowest BCUT2D eigenvalue weighted by Crippen LogP contribution is -2.14. The van der Waals surface area contributed by atoms with Crippen molar-refractivity contribution in [2.24, 2.45) is 0 Å². The number of rotatable bonds is 7. The fourth-order valence-electron chi connectivity index (χ4n) is 2.25. The number of aryl methyl sites for hydroxylation is 1. The van der Waals surface area contributed by atoms with Gasteiger partial charge in [-0.05, 0) is 31.2 Å². The highest BCUT2D eigenvalue weighted by atomic mass is 32.2. The van der Waals surface area contributed by atoms with E-state index in [4.69, 9.17) is 4.74 Å². The minimum absolute atomic E-state index is 0.165. The Morgan fingerprint density at radius 2 is 1.82 bits per heavy atom. The number of carbonyl (C=O) groups is 2. The Labute approximate surface area is 170 Å². The number of anilines is 2. The third-order valence-corrected chi connectivity index (χ3v) is 5.62. The number of carbonyl (C=O) groups excluding carboxylic acids is 2. The van der Waals surface area contributed by atoms with Crippen LogP contribution in [0.1, 0.15) is 15.9 Å². The second-order valence-electron chi connectivity index (χ2n) is 5.73. The minimum Gasteiger partial charge on any atom is -0.495 e. The van der Waals surface area contributed by atoms with Gasteiger partial charge in [-0.3, -0.25) is 14.9 Å². The first kappa shape index (κ1) is 19.8. The first-order chi connectivity index (χ1) is 13.5. The Kier molecular flexibility index (Phi) is 6.62. The Balaban J connectivity index is 1.52. The largest absolute Gasteiger partial charge is 0.495 e. The number of methoxy groups -OCH3 is 1. The van der Waals surface area contributed by atoms with Gasteiger partial charge in [0.15, 0.2) is 4.34 Å². The van der Waals surface area contributed by atoms with Gasteiger partial charge in [-0.2, -0.15) is 0 Å². The molecule has 9 heteroatoms. The molecule has 0 aliphatic carbocycles. The van der Waals surface area contributed by atoms with Crippen LogP contribution < -0.4 is 15.4 Å². The van der Waals surface area contributed by atoms with Gasteiger partial charge in [0.05, 0.1) is 18.6 Å². The summed E-state index contributed by atoms with van der Waals surface area (Å²) in [6.45, 7) is 1.96. The fraction of sp³-hybridized carbons (Fsp3) is 0.158. The van der Waals surface area contributed by atoms with Crippen LogP contribution in [0, 0.1) is 6.92 Å². The number of aromatic nitrogens is 2. The smallest absolute Gasteiger partial charge is 0.257 e. The van der Waals surface area contributed by atoms with Crippen molar-refractivity contribution in [3.8, 4) is 5.75 Å². The van der Waals surface area contributed by atoms with Crippen LogP contribution in [0.15, 0.2) is 52.9 Å². The molecule has 3 aromatic rings. The van der Waals surface area contributed by atoms with E-state index in [-0.39, 0.29) is 17.6 Å². The third kappa shape index (κ3) is 5.30. The summed E-state index contributed by atoms with van der Waals surface area (Å²) >= 11 is 2.47. The summed E-state index contributed by atoms with van der Waals surface area (Å²) in [6, 6.07) is 14.4. The second-order valence-corrected chi connectivity index (χ2v) is 7.93. The van der Waals surface area contributed by atoms with Gasteiger partial charge in [-0.25, -0.2) is 0 Å². The molecule has 0 saturated carbocycles. The molecule has 2 N–H and O–H groups in total. The van der Waals surface area contributed by atoms with Crippen molar-refractivity contribution in [2.45, 2.75) is 11.3 Å². The van der Waals surface area contributed by atoms with Crippen LogP contribution in [-0.2, 0) is 4.79 Å². The zero-order chi connectivity index (χ0) is 19.9. The maximum absolute atomic E-state index is 12.2. The van der Waals surface area contributed by atoms with E-state index in [9.17, 15) is 9.59 Å². The monoisotopic (exact) mass is 414 g/mol. The summed E-state index contributed by atoms with van der Waals surface area (Å²) in [5, 5.41) is 13.9. The summed E-state index contributed by atoms with van der Waals surface area (Å²) in [5.74, 6) is 0.327. The van der Waals surface area contributed by atoms with E-state index in [0.29, 0.717) is 26.5 Å². The van der Waals surface area contributed by atoms with Gasteiger partial charge in [0.2, 0.25) is 11.0 Å². The van der Waals surface area contributed by atoms with E-state index in [1.165, 1.54) is 23.1 Å². The topological polar surface area (TPSA) is 93.2 Å². The molecule has 2 aromatic carbocycles. The number of hydrogen-bond acceptors (Lipinski definition) is 7. The molecule has 0 aliphatic rings. The van der Waals surface area contributed by atoms with Gasteiger partial charge in [0.25, 0.3) is 5.91 Å². The number of nitrogens with one attached hydrogen (secondary N) is 2. The van der Waals surface area contributed by atoms with Crippen LogP contribution in [0.25, 0.3) is 0 Å². The van der Waals surface area contributed by atoms with Crippen LogP contribution in [0.2, 0.25) is 0 Å². The van der Waals surface area contributed by atoms with Crippen LogP contribution in [-0.4, -0.2) is 34.9 Å². The molecule has 0 saturated heterocycles. The molecule has 1 aromatic heterocycles. The molecule has 0 radical (unpaired) electrons. The zero-order valence-corrected chi connectivity index (χ0v) is 16.9. The lowest BCUT2D eigenvalue weighted by atomic mass is 10.1. The lowest BCUT2D eigenvalue weighted by Gasteiger charge is -2.08. The fourth-order valence-corrected chi connectivity index (χ4v) is 3.80. The maximum atomic E-state index is 12.2. The number of para-hydroxylation sites is 2. The number of benzene rings is 2. The highest BCUT2D eigenvalue weighted by Gasteiger charge is 2.12. The normalized spacial score (nSPS) is 10.4. The molecule has 3 rings (SSSR count). The molecular formula is C19H18N4O3S2. The molecule has 28 heavy (non-hydrogen) atoms. The van der Waals surface area contributed by atoms with Crippen LogP contribution in [0.4, 0.5) is 10.8 Å². The summed E-state index contributed by atoms with van der Waals surface area (Å²) < 4.78 is 5.80. The quantitative estimate of drug-likeness (QED) is 0.451. The highest BCUT2D eigenvalue weighted by Crippen LogP contribution is 2.27. The SMILES string of the molecule is COc1ccccc1NC(=O)CSc1nnc(NC(=O)c2ccc(C)cc2)s1. The molecule has 0 bridgehead atoms. The van der Waals surface area contributed by atoms with Crippen molar-refractivity contribution >= 4 is 45.7 Å². The summed E-state index contributed by atoms with van der Waals surface area (Å²) in [5.41, 5.74) is 2.24. The Bertz CT molecular complexity index is 973. The van der Waals surface area contributed by atoms with Crippen molar-refractivity contribution in [3.05, 3.63) is 59.7 Å². The predicted octanol–water partition coefficient (Wildman–Crippen LogP) is 3.84. The van der Waals surface area contributed by atoms with Crippen LogP contribution >= 0.6 is 23.1 Å². The molecule has 144 valence electrons. The minimum atomic E-state index is -0.249. The van der Waals surface area contributed by atoms with Crippen molar-refractivity contribution in [1.82, 2.24) is 10.2 Å². The van der Waals surface area contributed by atoms with Gasteiger partial charge in [0.1, 0.15) is 5.75 Å². The van der Waals surface area contributed by atoms with E-state index in [2.05, 4.69) is 20.8 Å². The second kappa shape index (κ2) is 9.34. The summed E-state index contributed by atoms with van der Waals surface area (Å²) in [4.78, 5) is 24.4. The molecule has 0 fully saturated rings. The average Bonchev–Trinajstić information content (AvgIpc) is 3.14. The number of ether oxygens (including phenoxy) is 1. The van der Waals surface area contributed by atoms with Crippen LogP contribution in [0.5, 0.6) is 5.75 Å². The van der Waals surface area contributed by atoms with Gasteiger partial charge >= 0.3 is 0 Å². The van der Waals surface area contributed by atoms with Crippen molar-refractivity contribution in [2.75, 3.05) is 23.5 Å². The van der Waals surface area contributed by atoms with Crippen molar-refractivity contribution in [1.29, 1.82) is 0 Å². The molecule has 2 amide bonds. The van der Waals surface area contributed by atoms with Gasteiger partial charge < -0.3 is 10.1 Å². The Morgan fingerprint density at radius 3 is 2.57 bits per heavy atom. The predicted molar refractivity (Wildman–Crippen MR) is 111 cm³/mol. The van der Waals surface area contributed by atoms with E-state index in [1.807, 2.05) is 31.2 Å². The Hall–Kier alpha value is -2.91. The number of nitrogens with zero attached hydrogens (tertiary/aromatic N) is 2. The lowest BCUT2D eigenvalue weighted by molar-refractivity contribution is -0.113. The van der Waals surface area contributed by atoms with Gasteiger partial charge in [-0.1, -0.05) is 52.9 Å². The summed E-state index contributed by atoms with van der Waals surface area (Å²) in [6.07, 6.45) is 0. The molecule has 0 atom stereocenters. The van der Waals surface area contributed by atoms with E-state index in [0.717, 1.165) is 5.56 Å². The number of hydrogen-bond donors (Lipinski definition) is 2.